The molecule has 0 spiro atoms. The van der Waals surface area contributed by atoms with Crippen molar-refractivity contribution in [2.24, 2.45) is 0 Å². The molecular weight excluding hydrogens is 344 g/mol. The Morgan fingerprint density at radius 1 is 1.33 bits per heavy atom. The van der Waals surface area contributed by atoms with Gasteiger partial charge in [-0.1, -0.05) is 11.3 Å². The summed E-state index contributed by atoms with van der Waals surface area (Å²) >= 11 is 0.831. The van der Waals surface area contributed by atoms with Crippen molar-refractivity contribution in [2.45, 2.75) is 37.6 Å². The smallest absolute Gasteiger partial charge is 0.380 e. The highest BCUT2D eigenvalue weighted by molar-refractivity contribution is 7.18. The van der Waals surface area contributed by atoms with Gasteiger partial charge in [0.15, 0.2) is 11.4 Å². The molecule has 0 amide bonds. The van der Waals surface area contributed by atoms with E-state index >= 15 is 0 Å². The Kier molecular flexibility index (Phi) is 6.21. The molecule has 1 aromatic heterocycles. The van der Waals surface area contributed by atoms with Crippen molar-refractivity contribution in [1.29, 1.82) is 0 Å². The molecule has 1 saturated heterocycles. The van der Waals surface area contributed by atoms with Gasteiger partial charge in [-0.05, 0) is 6.92 Å². The first-order valence-corrected chi connectivity index (χ1v) is 7.95. The normalized spacial score (nSPS) is 30.0. The standard InChI is InChI=1S/C13H18N2O8S/c1-2-22-12(21)8(18)6-3-14-13(24-6)15-11-10(20)9(19)7(17)5(4-16)23-11/h3,5,7,9-11,16-17,19-20H,2,4H2,1H3,(H,14,15)/t5-,7-,9+,10+,11+/m1/s1. The maximum Gasteiger partial charge on any atom is 0.380 e. The molecule has 0 unspecified atom stereocenters. The molecule has 1 aliphatic heterocycles. The van der Waals surface area contributed by atoms with Gasteiger partial charge >= 0.3 is 5.97 Å². The number of aromatic nitrogens is 1. The van der Waals surface area contributed by atoms with Crippen molar-refractivity contribution in [3.8, 4) is 0 Å². The van der Waals surface area contributed by atoms with E-state index in [-0.39, 0.29) is 16.6 Å². The fourth-order valence-electron chi connectivity index (χ4n) is 2.09. The van der Waals surface area contributed by atoms with Gasteiger partial charge in [0.1, 0.15) is 29.3 Å². The number of thiazole rings is 1. The first-order valence-electron chi connectivity index (χ1n) is 7.13. The number of hydrogen-bond acceptors (Lipinski definition) is 11. The summed E-state index contributed by atoms with van der Waals surface area (Å²) in [7, 11) is 0. The van der Waals surface area contributed by atoms with Crippen molar-refractivity contribution >= 4 is 28.2 Å². The monoisotopic (exact) mass is 362 g/mol. The number of aliphatic hydroxyl groups is 4. The lowest BCUT2D eigenvalue weighted by Gasteiger charge is -2.40. The number of rotatable bonds is 6. The Labute approximate surface area is 140 Å². The molecule has 2 rings (SSSR count). The molecule has 0 radical (unpaired) electrons. The highest BCUT2D eigenvalue weighted by Gasteiger charge is 2.43. The predicted molar refractivity (Wildman–Crippen MR) is 80.5 cm³/mol. The number of aliphatic hydroxyl groups excluding tert-OH is 4. The number of carbonyl (C=O) groups excluding carboxylic acids is 2. The molecule has 5 atom stereocenters. The summed E-state index contributed by atoms with van der Waals surface area (Å²) < 4.78 is 9.86. The van der Waals surface area contributed by atoms with E-state index in [2.05, 4.69) is 15.0 Å². The van der Waals surface area contributed by atoms with E-state index in [4.69, 9.17) is 9.84 Å². The molecule has 0 bridgehead atoms. The summed E-state index contributed by atoms with van der Waals surface area (Å²) in [6.07, 6.45) is -5.57. The van der Waals surface area contributed by atoms with Crippen molar-refractivity contribution in [1.82, 2.24) is 4.98 Å². The summed E-state index contributed by atoms with van der Waals surface area (Å²) in [6.45, 7) is 1.08. The van der Waals surface area contributed by atoms with Crippen LogP contribution in [0.3, 0.4) is 0 Å². The van der Waals surface area contributed by atoms with Gasteiger partial charge in [0.2, 0.25) is 0 Å². The van der Waals surface area contributed by atoms with Crippen LogP contribution >= 0.6 is 11.3 Å². The minimum Gasteiger partial charge on any atom is -0.460 e. The molecule has 2 heterocycles. The molecule has 10 nitrogen and oxygen atoms in total. The Balaban J connectivity index is 2.06. The van der Waals surface area contributed by atoms with E-state index in [1.807, 2.05) is 0 Å². The number of ketones is 1. The Bertz CT molecular complexity index is 592. The molecule has 11 heteroatoms. The summed E-state index contributed by atoms with van der Waals surface area (Å²) in [5.74, 6) is -1.85. The van der Waals surface area contributed by atoms with Gasteiger partial charge in [-0.3, -0.25) is 4.79 Å². The number of anilines is 1. The van der Waals surface area contributed by atoms with E-state index < -0.39 is 49.0 Å². The van der Waals surface area contributed by atoms with Crippen molar-refractivity contribution in [2.75, 3.05) is 18.5 Å². The number of Topliss-reactive ketones (excluding diaryl/α,β-unsaturated/α-hetero) is 1. The molecular formula is C13H18N2O8S. The molecule has 5 N–H and O–H groups in total. The second-order valence-electron chi connectivity index (χ2n) is 4.97. The third-order valence-corrected chi connectivity index (χ3v) is 4.28. The number of nitrogens with zero attached hydrogens (tertiary/aromatic N) is 1. The van der Waals surface area contributed by atoms with Crippen LogP contribution < -0.4 is 5.32 Å². The van der Waals surface area contributed by atoms with Crippen molar-refractivity contribution in [3.63, 3.8) is 0 Å². The van der Waals surface area contributed by atoms with Crippen LogP contribution in [0, 0.1) is 0 Å². The topological polar surface area (TPSA) is 158 Å². The molecule has 1 aromatic rings. The van der Waals surface area contributed by atoms with Gasteiger partial charge in [0.05, 0.1) is 19.4 Å². The van der Waals surface area contributed by atoms with Gasteiger partial charge in [-0.2, -0.15) is 0 Å². The summed E-state index contributed by atoms with van der Waals surface area (Å²) in [5.41, 5.74) is 0. The van der Waals surface area contributed by atoms with E-state index in [1.54, 1.807) is 6.92 Å². The maximum absolute atomic E-state index is 11.8. The highest BCUT2D eigenvalue weighted by atomic mass is 32.1. The third-order valence-electron chi connectivity index (χ3n) is 3.35. The quantitative estimate of drug-likeness (QED) is 0.220. The zero-order chi connectivity index (χ0) is 17.9. The van der Waals surface area contributed by atoms with Gasteiger partial charge in [-0.15, -0.1) is 0 Å². The molecule has 134 valence electrons. The largest absolute Gasteiger partial charge is 0.460 e. The zero-order valence-corrected chi connectivity index (χ0v) is 13.5. The molecule has 1 aliphatic rings. The van der Waals surface area contributed by atoms with E-state index in [1.165, 1.54) is 0 Å². The summed E-state index contributed by atoms with van der Waals surface area (Å²) in [5, 5.41) is 41.2. The fourth-order valence-corrected chi connectivity index (χ4v) is 2.86. The number of esters is 1. The minimum absolute atomic E-state index is 0.0283. The Morgan fingerprint density at radius 3 is 2.67 bits per heavy atom. The van der Waals surface area contributed by atoms with Gasteiger partial charge in [0, 0.05) is 0 Å². The van der Waals surface area contributed by atoms with Crippen molar-refractivity contribution in [3.05, 3.63) is 11.1 Å². The van der Waals surface area contributed by atoms with E-state index in [0.29, 0.717) is 0 Å². The van der Waals surface area contributed by atoms with Crippen LogP contribution in [-0.4, -0.2) is 81.0 Å². The average Bonchev–Trinajstić information content (AvgIpc) is 3.03. The minimum atomic E-state index is -1.53. The summed E-state index contributed by atoms with van der Waals surface area (Å²) in [6, 6.07) is 0. The van der Waals surface area contributed by atoms with Crippen LogP contribution in [0.1, 0.15) is 16.6 Å². The number of ether oxygens (including phenoxy) is 2. The van der Waals surface area contributed by atoms with Gasteiger partial charge in [-0.25, -0.2) is 9.78 Å². The van der Waals surface area contributed by atoms with Crippen molar-refractivity contribution < 1.29 is 39.5 Å². The molecule has 24 heavy (non-hydrogen) atoms. The van der Waals surface area contributed by atoms with Crippen LogP contribution in [0.5, 0.6) is 0 Å². The first kappa shape index (κ1) is 18.7. The predicted octanol–water partition coefficient (Wildman–Crippen LogP) is -1.90. The SMILES string of the molecule is CCOC(=O)C(=O)c1cnc(N[C@H]2O[C@H](CO)[C@@H](O)[C@H](O)[C@@H]2O)s1. The second-order valence-corrected chi connectivity index (χ2v) is 6.00. The van der Waals surface area contributed by atoms with Gasteiger partial charge < -0.3 is 35.2 Å². The zero-order valence-electron chi connectivity index (χ0n) is 12.7. The van der Waals surface area contributed by atoms with Crippen LogP contribution in [0.2, 0.25) is 0 Å². The summed E-state index contributed by atoms with van der Waals surface area (Å²) in [4.78, 5) is 27.1. The number of hydrogen-bond donors (Lipinski definition) is 5. The van der Waals surface area contributed by atoms with Crippen LogP contribution in [0.4, 0.5) is 5.13 Å². The number of carbonyl (C=O) groups is 2. The molecule has 0 aliphatic carbocycles. The first-order chi connectivity index (χ1) is 11.4. The second kappa shape index (κ2) is 7.96. The lowest BCUT2D eigenvalue weighted by atomic mass is 9.98. The Morgan fingerprint density at radius 2 is 2.04 bits per heavy atom. The molecule has 1 fully saturated rings. The van der Waals surface area contributed by atoms with Crippen LogP contribution in [0.15, 0.2) is 6.20 Å². The highest BCUT2D eigenvalue weighted by Crippen LogP contribution is 2.25. The fraction of sp³-hybridized carbons (Fsp3) is 0.615. The maximum atomic E-state index is 11.8. The van der Waals surface area contributed by atoms with Crippen LogP contribution in [-0.2, 0) is 14.3 Å². The van der Waals surface area contributed by atoms with Gasteiger partial charge in [0.25, 0.3) is 5.78 Å². The van der Waals surface area contributed by atoms with E-state index in [0.717, 1.165) is 17.5 Å². The average molecular weight is 362 g/mol. The lowest BCUT2D eigenvalue weighted by molar-refractivity contribution is -0.221. The van der Waals surface area contributed by atoms with Crippen LogP contribution in [0.25, 0.3) is 0 Å². The lowest BCUT2D eigenvalue weighted by Crippen LogP contribution is -2.60. The Hall–Kier alpha value is -1.63. The third kappa shape index (κ3) is 3.88. The van der Waals surface area contributed by atoms with E-state index in [9.17, 15) is 24.9 Å². The molecule has 0 aromatic carbocycles. The molecule has 0 saturated carbocycles. The number of nitrogens with one attached hydrogen (secondary N) is 1.